The molecule has 0 aliphatic carbocycles. The third-order valence-electron chi connectivity index (χ3n) is 7.26. The van der Waals surface area contributed by atoms with Gasteiger partial charge >= 0.3 is 0 Å². The van der Waals surface area contributed by atoms with E-state index in [2.05, 4.69) is 52.3 Å². The van der Waals surface area contributed by atoms with Gasteiger partial charge in [-0.15, -0.1) is 24.8 Å². The van der Waals surface area contributed by atoms with E-state index in [4.69, 9.17) is 4.74 Å². The van der Waals surface area contributed by atoms with Crippen molar-refractivity contribution in [3.63, 3.8) is 0 Å². The molecule has 0 N–H and O–H groups in total. The number of likely N-dealkylation sites (N-methyl/N-ethyl adjacent to an activating group) is 1. The first kappa shape index (κ1) is 26.9. The molecule has 1 unspecified atom stereocenters. The maximum atomic E-state index is 13.8. The molecule has 5 rings (SSSR count). The minimum atomic E-state index is -0.633. The average molecular weight is 514 g/mol. The van der Waals surface area contributed by atoms with Gasteiger partial charge in [0.15, 0.2) is 0 Å². The zero-order chi connectivity index (χ0) is 22.8. The Morgan fingerprint density at radius 3 is 2.09 bits per heavy atom. The second-order valence-electron chi connectivity index (χ2n) is 8.90. The van der Waals surface area contributed by atoms with Crippen molar-refractivity contribution < 1.29 is 9.53 Å². The first-order valence-corrected chi connectivity index (χ1v) is 11.7. The molecule has 35 heavy (non-hydrogen) atoms. The van der Waals surface area contributed by atoms with Gasteiger partial charge in [-0.05, 0) is 42.3 Å². The highest BCUT2D eigenvalue weighted by Crippen LogP contribution is 2.47. The number of nitrogens with zero attached hydrogens (tertiary/aromatic N) is 3. The van der Waals surface area contributed by atoms with Gasteiger partial charge in [-0.3, -0.25) is 9.69 Å². The van der Waals surface area contributed by atoms with E-state index in [9.17, 15) is 4.79 Å². The number of carbonyl (C=O) groups is 1. The minimum Gasteiger partial charge on any atom is -0.495 e. The van der Waals surface area contributed by atoms with E-state index >= 15 is 0 Å². The zero-order valence-electron chi connectivity index (χ0n) is 20.2. The molecule has 2 aliphatic rings. The van der Waals surface area contributed by atoms with Gasteiger partial charge in [0.2, 0.25) is 5.91 Å². The summed E-state index contributed by atoms with van der Waals surface area (Å²) >= 11 is 0. The lowest BCUT2D eigenvalue weighted by Crippen LogP contribution is -2.49. The van der Waals surface area contributed by atoms with Crippen LogP contribution in [0.2, 0.25) is 0 Å². The van der Waals surface area contributed by atoms with Gasteiger partial charge in [0.1, 0.15) is 11.2 Å². The number of hydrogen-bond donors (Lipinski definition) is 0. The molecule has 1 saturated heterocycles. The predicted octanol–water partition coefficient (Wildman–Crippen LogP) is 5.01. The minimum absolute atomic E-state index is 0. The average Bonchev–Trinajstić information content (AvgIpc) is 3.11. The lowest BCUT2D eigenvalue weighted by atomic mass is 9.72. The van der Waals surface area contributed by atoms with Crippen LogP contribution in [-0.2, 0) is 10.2 Å². The maximum absolute atomic E-state index is 13.8. The lowest BCUT2D eigenvalue weighted by molar-refractivity contribution is -0.121. The van der Waals surface area contributed by atoms with Crippen LogP contribution in [0.1, 0.15) is 17.5 Å². The zero-order valence-corrected chi connectivity index (χ0v) is 21.9. The Morgan fingerprint density at radius 1 is 0.800 bits per heavy atom. The van der Waals surface area contributed by atoms with Crippen molar-refractivity contribution in [1.82, 2.24) is 4.90 Å². The van der Waals surface area contributed by atoms with Gasteiger partial charge < -0.3 is 14.5 Å². The Labute approximate surface area is 220 Å². The summed E-state index contributed by atoms with van der Waals surface area (Å²) < 4.78 is 5.56. The van der Waals surface area contributed by atoms with Crippen LogP contribution in [0.5, 0.6) is 5.75 Å². The van der Waals surface area contributed by atoms with E-state index in [-0.39, 0.29) is 30.7 Å². The highest BCUT2D eigenvalue weighted by molar-refractivity contribution is 6.10. The quantitative estimate of drug-likeness (QED) is 0.463. The van der Waals surface area contributed by atoms with E-state index in [1.54, 1.807) is 7.11 Å². The van der Waals surface area contributed by atoms with Crippen LogP contribution in [0, 0.1) is 0 Å². The van der Waals surface area contributed by atoms with Gasteiger partial charge in [-0.25, -0.2) is 0 Å². The molecule has 1 fully saturated rings. The fourth-order valence-electron chi connectivity index (χ4n) is 5.45. The first-order chi connectivity index (χ1) is 16.1. The summed E-state index contributed by atoms with van der Waals surface area (Å²) in [4.78, 5) is 20.5. The molecule has 1 amide bonds. The van der Waals surface area contributed by atoms with Gasteiger partial charge in [-0.1, -0.05) is 60.7 Å². The SMILES string of the molecule is COc1ccccc1N1CCN(CCC2(c3ccccc3)C(=O)N(C)c3ccccc32)CC1.Cl.Cl. The van der Waals surface area contributed by atoms with Crippen LogP contribution in [0.3, 0.4) is 0 Å². The Morgan fingerprint density at radius 2 is 1.40 bits per heavy atom. The summed E-state index contributed by atoms with van der Waals surface area (Å²) in [6.07, 6.45) is 0.770. The summed E-state index contributed by atoms with van der Waals surface area (Å²) in [6.45, 7) is 4.71. The third kappa shape index (κ3) is 4.73. The molecular formula is C28H33Cl2N3O2. The molecule has 0 bridgehead atoms. The largest absolute Gasteiger partial charge is 0.495 e. The molecule has 0 saturated carbocycles. The van der Waals surface area contributed by atoms with Crippen molar-refractivity contribution in [1.29, 1.82) is 0 Å². The van der Waals surface area contributed by atoms with Crippen molar-refractivity contribution in [2.45, 2.75) is 11.8 Å². The number of piperazine rings is 1. The number of rotatable bonds is 6. The third-order valence-corrected chi connectivity index (χ3v) is 7.26. The normalized spacial score (nSPS) is 19.5. The Balaban J connectivity index is 0.00000171. The fraction of sp³-hybridized carbons (Fsp3) is 0.321. The number of methoxy groups -OCH3 is 1. The van der Waals surface area contributed by atoms with E-state index in [0.29, 0.717) is 0 Å². The number of carbonyl (C=O) groups excluding carboxylic acids is 1. The molecule has 5 nitrogen and oxygen atoms in total. The monoisotopic (exact) mass is 513 g/mol. The molecule has 0 radical (unpaired) electrons. The van der Waals surface area contributed by atoms with E-state index in [1.165, 1.54) is 0 Å². The molecule has 2 heterocycles. The Kier molecular flexibility index (Phi) is 8.70. The van der Waals surface area contributed by atoms with Gasteiger partial charge in [0.05, 0.1) is 12.8 Å². The number of anilines is 2. The molecule has 7 heteroatoms. The van der Waals surface area contributed by atoms with Crippen LogP contribution in [0.15, 0.2) is 78.9 Å². The van der Waals surface area contributed by atoms with Crippen molar-refractivity contribution in [3.8, 4) is 5.75 Å². The molecule has 0 aromatic heterocycles. The van der Waals surface area contributed by atoms with E-state index in [1.807, 2.05) is 48.3 Å². The van der Waals surface area contributed by atoms with E-state index < -0.39 is 5.41 Å². The Bertz CT molecular complexity index is 1140. The summed E-state index contributed by atoms with van der Waals surface area (Å²) in [5, 5.41) is 0. The predicted molar refractivity (Wildman–Crippen MR) is 148 cm³/mol. The van der Waals surface area contributed by atoms with Gasteiger partial charge in [-0.2, -0.15) is 0 Å². The standard InChI is InChI=1S/C28H31N3O2.2ClH/c1-29-24-13-7-6-12-23(24)28(27(29)32,22-10-4-3-5-11-22)16-17-30-18-20-31(21-19-30)25-14-8-9-15-26(25)33-2;;/h3-15H,16-21H2,1-2H3;2*1H. The van der Waals surface area contributed by atoms with Crippen LogP contribution < -0.4 is 14.5 Å². The second kappa shape index (κ2) is 11.3. The van der Waals surface area contributed by atoms with Crippen LogP contribution in [-0.4, -0.2) is 57.7 Å². The molecular weight excluding hydrogens is 481 g/mol. The summed E-state index contributed by atoms with van der Waals surface area (Å²) in [7, 11) is 3.63. The maximum Gasteiger partial charge on any atom is 0.241 e. The number of halogens is 2. The number of para-hydroxylation sites is 3. The van der Waals surface area contributed by atoms with Crippen LogP contribution in [0.25, 0.3) is 0 Å². The van der Waals surface area contributed by atoms with Gasteiger partial charge in [0, 0.05) is 38.9 Å². The first-order valence-electron chi connectivity index (χ1n) is 11.7. The summed E-state index contributed by atoms with van der Waals surface area (Å²) in [5.74, 6) is 1.09. The molecule has 0 spiro atoms. The smallest absolute Gasteiger partial charge is 0.241 e. The molecule has 1 atom stereocenters. The highest BCUT2D eigenvalue weighted by Gasteiger charge is 2.50. The van der Waals surface area contributed by atoms with Crippen molar-refractivity contribution >= 4 is 42.1 Å². The van der Waals surface area contributed by atoms with Crippen molar-refractivity contribution in [2.24, 2.45) is 0 Å². The number of fused-ring (bicyclic) bond motifs is 1. The topological polar surface area (TPSA) is 36.0 Å². The molecule has 186 valence electrons. The van der Waals surface area contributed by atoms with Crippen LogP contribution >= 0.6 is 24.8 Å². The van der Waals surface area contributed by atoms with Gasteiger partial charge in [0.25, 0.3) is 0 Å². The second-order valence-corrected chi connectivity index (χ2v) is 8.90. The van der Waals surface area contributed by atoms with Crippen molar-refractivity contribution in [3.05, 3.63) is 90.0 Å². The Hall–Kier alpha value is -2.73. The van der Waals surface area contributed by atoms with Crippen molar-refractivity contribution in [2.75, 3.05) is 56.7 Å². The van der Waals surface area contributed by atoms with Crippen LogP contribution in [0.4, 0.5) is 11.4 Å². The number of amides is 1. The summed E-state index contributed by atoms with van der Waals surface area (Å²) in [6, 6.07) is 26.8. The lowest BCUT2D eigenvalue weighted by Gasteiger charge is -2.38. The molecule has 2 aliphatic heterocycles. The fourth-order valence-corrected chi connectivity index (χ4v) is 5.45. The number of hydrogen-bond acceptors (Lipinski definition) is 4. The highest BCUT2D eigenvalue weighted by atomic mass is 35.5. The summed E-state index contributed by atoms with van der Waals surface area (Å²) in [5.41, 5.74) is 3.75. The van der Waals surface area contributed by atoms with E-state index in [0.717, 1.165) is 67.4 Å². The molecule has 3 aromatic rings. The number of ether oxygens (including phenoxy) is 1. The molecule has 3 aromatic carbocycles. The number of benzene rings is 3.